The molecule has 0 fully saturated rings. The lowest BCUT2D eigenvalue weighted by molar-refractivity contribution is 0.132. The quantitative estimate of drug-likeness (QED) is 0.150. The van der Waals surface area contributed by atoms with Crippen LogP contribution in [0.4, 0.5) is 0 Å². The second-order valence-electron chi connectivity index (χ2n) is 6.70. The van der Waals surface area contributed by atoms with Gasteiger partial charge in [0.05, 0.1) is 11.7 Å². The van der Waals surface area contributed by atoms with Crippen LogP contribution in [0.1, 0.15) is 16.7 Å². The highest BCUT2D eigenvalue weighted by Gasteiger charge is 2.08. The zero-order valence-corrected chi connectivity index (χ0v) is 19.3. The first-order chi connectivity index (χ1) is 15.1. The third-order valence-electron chi connectivity index (χ3n) is 4.54. The van der Waals surface area contributed by atoms with Crippen molar-refractivity contribution in [3.8, 4) is 0 Å². The summed E-state index contributed by atoms with van der Waals surface area (Å²) in [4.78, 5) is 10.3. The van der Waals surface area contributed by atoms with Gasteiger partial charge in [0, 0.05) is 37.3 Å². The Morgan fingerprint density at radius 3 is 2.42 bits per heavy atom. The lowest BCUT2D eigenvalue weighted by Gasteiger charge is -2.08. The van der Waals surface area contributed by atoms with Crippen molar-refractivity contribution in [2.24, 2.45) is 5.16 Å². The van der Waals surface area contributed by atoms with Crippen LogP contribution in [0.2, 0.25) is 15.1 Å². The summed E-state index contributed by atoms with van der Waals surface area (Å²) in [5, 5.41) is 7.87. The summed E-state index contributed by atoms with van der Waals surface area (Å²) in [5.74, 6) is 0.763. The van der Waals surface area contributed by atoms with Gasteiger partial charge < -0.3 is 4.84 Å². The molecule has 0 saturated carbocycles. The fourth-order valence-electron chi connectivity index (χ4n) is 2.92. The molecular weight excluding hydrogens is 471 g/mol. The van der Waals surface area contributed by atoms with Crippen LogP contribution in [0.15, 0.2) is 83.0 Å². The fraction of sp³-hybridized carbons (Fsp3) is 0.0833. The SMILES string of the molecule is Clc1ccc(CSc2nc3ccccc3cc2C=NOCc2c(Cl)cccc2Cl)cc1. The molecule has 4 aromatic rings. The number of benzene rings is 3. The Bertz CT molecular complexity index is 1210. The summed E-state index contributed by atoms with van der Waals surface area (Å²) in [6.45, 7) is 0.184. The molecular formula is C24H17Cl3N2OS. The third kappa shape index (κ3) is 5.72. The number of aromatic nitrogens is 1. The van der Waals surface area contributed by atoms with E-state index in [-0.39, 0.29) is 6.61 Å². The van der Waals surface area contributed by atoms with Gasteiger partial charge in [0.15, 0.2) is 0 Å². The second-order valence-corrected chi connectivity index (χ2v) is 8.91. The molecule has 7 heteroatoms. The van der Waals surface area contributed by atoms with Gasteiger partial charge in [-0.15, -0.1) is 11.8 Å². The number of para-hydroxylation sites is 1. The molecule has 0 radical (unpaired) electrons. The maximum atomic E-state index is 6.19. The summed E-state index contributed by atoms with van der Waals surface area (Å²) in [5.41, 5.74) is 3.68. The highest BCUT2D eigenvalue weighted by molar-refractivity contribution is 7.98. The van der Waals surface area contributed by atoms with Gasteiger partial charge in [0.25, 0.3) is 0 Å². The van der Waals surface area contributed by atoms with Crippen LogP contribution in [0, 0.1) is 0 Å². The van der Waals surface area contributed by atoms with Gasteiger partial charge in [-0.05, 0) is 42.0 Å². The number of halogens is 3. The maximum Gasteiger partial charge on any atom is 0.145 e. The van der Waals surface area contributed by atoms with Gasteiger partial charge in [-0.1, -0.05) is 76.4 Å². The molecule has 0 amide bonds. The minimum atomic E-state index is 0.184. The van der Waals surface area contributed by atoms with Crippen LogP contribution < -0.4 is 0 Å². The van der Waals surface area contributed by atoms with Crippen molar-refractivity contribution in [2.45, 2.75) is 17.4 Å². The summed E-state index contributed by atoms with van der Waals surface area (Å²) in [6.07, 6.45) is 1.67. The fourth-order valence-corrected chi connectivity index (χ4v) is 4.49. The van der Waals surface area contributed by atoms with Gasteiger partial charge in [0.1, 0.15) is 11.6 Å². The first kappa shape index (κ1) is 22.0. The highest BCUT2D eigenvalue weighted by Crippen LogP contribution is 2.28. The minimum absolute atomic E-state index is 0.184. The van der Waals surface area contributed by atoms with Gasteiger partial charge in [-0.2, -0.15) is 0 Å². The van der Waals surface area contributed by atoms with Crippen molar-refractivity contribution < 1.29 is 4.84 Å². The predicted molar refractivity (Wildman–Crippen MR) is 132 cm³/mol. The average molecular weight is 488 g/mol. The zero-order chi connectivity index (χ0) is 21.6. The molecule has 0 aliphatic carbocycles. The first-order valence-electron chi connectivity index (χ1n) is 9.45. The van der Waals surface area contributed by atoms with Crippen molar-refractivity contribution in [3.05, 3.63) is 105 Å². The largest absolute Gasteiger partial charge is 0.391 e. The van der Waals surface area contributed by atoms with Crippen LogP contribution in [-0.4, -0.2) is 11.2 Å². The van der Waals surface area contributed by atoms with Crippen LogP contribution in [-0.2, 0) is 17.2 Å². The van der Waals surface area contributed by atoms with Gasteiger partial charge in [-0.3, -0.25) is 0 Å². The predicted octanol–water partition coefficient (Wildman–Crippen LogP) is 8.04. The smallest absolute Gasteiger partial charge is 0.145 e. The molecule has 4 rings (SSSR count). The molecule has 1 heterocycles. The van der Waals surface area contributed by atoms with Crippen LogP contribution in [0.25, 0.3) is 10.9 Å². The molecule has 0 spiro atoms. The van der Waals surface area contributed by atoms with Crippen molar-refractivity contribution in [3.63, 3.8) is 0 Å². The number of fused-ring (bicyclic) bond motifs is 1. The summed E-state index contributed by atoms with van der Waals surface area (Å²) < 4.78 is 0. The molecule has 3 aromatic carbocycles. The molecule has 156 valence electrons. The van der Waals surface area contributed by atoms with E-state index in [2.05, 4.69) is 11.2 Å². The van der Waals surface area contributed by atoms with E-state index in [4.69, 9.17) is 44.6 Å². The number of hydrogen-bond acceptors (Lipinski definition) is 4. The van der Waals surface area contributed by atoms with Crippen molar-refractivity contribution in [1.82, 2.24) is 4.98 Å². The number of pyridine rings is 1. The topological polar surface area (TPSA) is 34.5 Å². The lowest BCUT2D eigenvalue weighted by atomic mass is 10.2. The van der Waals surface area contributed by atoms with Crippen LogP contribution in [0.3, 0.4) is 0 Å². The van der Waals surface area contributed by atoms with E-state index in [0.29, 0.717) is 15.6 Å². The standard InChI is InChI=1S/C24H17Cl3N2OS/c25-19-10-8-16(9-11-19)15-31-24-18(12-17-4-1-2-7-23(17)29-24)13-28-30-14-20-21(26)5-3-6-22(20)27/h1-13H,14-15H2. The molecule has 0 atom stereocenters. The second kappa shape index (κ2) is 10.4. The zero-order valence-electron chi connectivity index (χ0n) is 16.3. The minimum Gasteiger partial charge on any atom is -0.391 e. The monoisotopic (exact) mass is 486 g/mol. The summed E-state index contributed by atoms with van der Waals surface area (Å²) in [6, 6.07) is 23.2. The average Bonchev–Trinajstić information content (AvgIpc) is 2.77. The van der Waals surface area contributed by atoms with Gasteiger partial charge in [-0.25, -0.2) is 4.98 Å². The number of nitrogens with zero attached hydrogens (tertiary/aromatic N) is 2. The third-order valence-corrected chi connectivity index (χ3v) is 6.58. The van der Waals surface area contributed by atoms with Crippen molar-refractivity contribution in [1.29, 1.82) is 0 Å². The van der Waals surface area contributed by atoms with Crippen molar-refractivity contribution >= 4 is 63.7 Å². The van der Waals surface area contributed by atoms with Crippen LogP contribution in [0.5, 0.6) is 0 Å². The molecule has 31 heavy (non-hydrogen) atoms. The van der Waals surface area contributed by atoms with E-state index in [1.54, 1.807) is 36.2 Å². The molecule has 0 aliphatic rings. The first-order valence-corrected chi connectivity index (χ1v) is 11.6. The van der Waals surface area contributed by atoms with E-state index in [9.17, 15) is 0 Å². The van der Waals surface area contributed by atoms with Crippen LogP contribution >= 0.6 is 46.6 Å². The Balaban J connectivity index is 1.54. The van der Waals surface area contributed by atoms with E-state index in [0.717, 1.165) is 37.8 Å². The van der Waals surface area contributed by atoms with E-state index < -0.39 is 0 Å². The van der Waals surface area contributed by atoms with E-state index >= 15 is 0 Å². The summed E-state index contributed by atoms with van der Waals surface area (Å²) in [7, 11) is 0. The molecule has 3 nitrogen and oxygen atoms in total. The molecule has 0 aliphatic heterocycles. The lowest BCUT2D eigenvalue weighted by Crippen LogP contribution is -1.95. The van der Waals surface area contributed by atoms with Crippen molar-refractivity contribution in [2.75, 3.05) is 0 Å². The highest BCUT2D eigenvalue weighted by atomic mass is 35.5. The van der Waals surface area contributed by atoms with Gasteiger partial charge >= 0.3 is 0 Å². The number of rotatable bonds is 7. The molecule has 0 N–H and O–H groups in total. The number of thioether (sulfide) groups is 1. The van der Waals surface area contributed by atoms with Gasteiger partial charge in [0.2, 0.25) is 0 Å². The maximum absolute atomic E-state index is 6.19. The Labute approximate surface area is 200 Å². The Hall–Kier alpha value is -2.24. The van der Waals surface area contributed by atoms with E-state index in [1.807, 2.05) is 48.5 Å². The molecule has 0 saturated heterocycles. The molecule has 0 unspecified atom stereocenters. The Morgan fingerprint density at radius 2 is 1.65 bits per heavy atom. The molecule has 1 aromatic heterocycles. The van der Waals surface area contributed by atoms with E-state index in [1.165, 1.54) is 0 Å². The number of hydrogen-bond donors (Lipinski definition) is 0. The Kier molecular flexibility index (Phi) is 7.36. The normalized spacial score (nSPS) is 11.3. The number of oxime groups is 1. The molecule has 0 bridgehead atoms. The summed E-state index contributed by atoms with van der Waals surface area (Å²) >= 11 is 20.0. The Morgan fingerprint density at radius 1 is 0.903 bits per heavy atom.